The number of aromatic nitrogens is 3. The molecule has 1 aliphatic rings. The number of ether oxygens (including phenoxy) is 2. The number of benzene rings is 1. The van der Waals surface area contributed by atoms with Crippen LogP contribution in [-0.2, 0) is 11.3 Å². The molecule has 21 heavy (non-hydrogen) atoms. The van der Waals surface area contributed by atoms with Gasteiger partial charge >= 0.3 is 0 Å². The third-order valence-corrected chi connectivity index (χ3v) is 3.68. The van der Waals surface area contributed by atoms with Crippen LogP contribution >= 0.6 is 0 Å². The molecular weight excluding hydrogens is 268 g/mol. The quantitative estimate of drug-likeness (QED) is 0.874. The molecule has 1 aromatic heterocycles. The summed E-state index contributed by atoms with van der Waals surface area (Å²) in [6.45, 7) is 3.41. The topological polar surface area (TPSA) is 75.2 Å². The molecule has 0 bridgehead atoms. The molecule has 0 fully saturated rings. The first-order chi connectivity index (χ1) is 10.2. The van der Waals surface area contributed by atoms with E-state index in [4.69, 9.17) is 15.2 Å². The first kappa shape index (κ1) is 13.9. The minimum absolute atomic E-state index is 0.0278. The number of aryl methyl sites for hydroxylation is 1. The van der Waals surface area contributed by atoms with Gasteiger partial charge in [0.25, 0.3) is 0 Å². The Balaban J connectivity index is 1.94. The van der Waals surface area contributed by atoms with Gasteiger partial charge in [-0.15, -0.1) is 0 Å². The van der Waals surface area contributed by atoms with Gasteiger partial charge in [-0.05, 0) is 38.0 Å². The monoisotopic (exact) mass is 288 g/mol. The summed E-state index contributed by atoms with van der Waals surface area (Å²) in [5.41, 5.74) is 7.51. The molecule has 0 saturated heterocycles. The maximum atomic E-state index is 6.01. The van der Waals surface area contributed by atoms with Gasteiger partial charge in [-0.2, -0.15) is 5.10 Å². The fourth-order valence-corrected chi connectivity index (χ4v) is 2.63. The van der Waals surface area contributed by atoms with Crippen molar-refractivity contribution in [3.05, 3.63) is 24.0 Å². The molecule has 6 heteroatoms. The molecule has 2 heterocycles. The van der Waals surface area contributed by atoms with Crippen molar-refractivity contribution in [2.24, 2.45) is 0 Å². The van der Waals surface area contributed by atoms with Crippen LogP contribution < -0.4 is 10.5 Å². The van der Waals surface area contributed by atoms with Gasteiger partial charge in [0, 0.05) is 19.2 Å². The number of hydrogen-bond acceptors (Lipinski definition) is 5. The van der Waals surface area contributed by atoms with E-state index in [2.05, 4.69) is 10.1 Å². The minimum atomic E-state index is 0.0278. The molecule has 0 radical (unpaired) electrons. The molecule has 0 saturated carbocycles. The summed E-state index contributed by atoms with van der Waals surface area (Å²) in [7, 11) is 1.71. The highest BCUT2D eigenvalue weighted by atomic mass is 16.5. The van der Waals surface area contributed by atoms with Crippen molar-refractivity contribution in [3.8, 4) is 17.1 Å². The average molecular weight is 288 g/mol. The molecule has 0 aliphatic carbocycles. The zero-order chi connectivity index (χ0) is 14.8. The molecule has 1 aliphatic heterocycles. The second-order valence-electron chi connectivity index (χ2n) is 5.07. The first-order valence-electron chi connectivity index (χ1n) is 7.23. The van der Waals surface area contributed by atoms with Gasteiger partial charge in [-0.3, -0.25) is 0 Å². The summed E-state index contributed by atoms with van der Waals surface area (Å²) >= 11 is 0. The number of anilines is 1. The fourth-order valence-electron chi connectivity index (χ4n) is 2.63. The van der Waals surface area contributed by atoms with Crippen LogP contribution in [0, 0.1) is 0 Å². The normalized spacial score (nSPS) is 17.5. The number of fused-ring (bicyclic) bond motifs is 1. The molecule has 6 nitrogen and oxygen atoms in total. The number of nitrogen functional groups attached to an aromatic ring is 1. The molecule has 1 atom stereocenters. The first-order valence-corrected chi connectivity index (χ1v) is 7.23. The number of hydrogen-bond donors (Lipinski definition) is 1. The molecule has 0 amide bonds. The maximum absolute atomic E-state index is 6.01. The Morgan fingerprint density at radius 3 is 3.00 bits per heavy atom. The van der Waals surface area contributed by atoms with Gasteiger partial charge in [0.2, 0.25) is 0 Å². The van der Waals surface area contributed by atoms with Crippen LogP contribution in [0.3, 0.4) is 0 Å². The highest BCUT2D eigenvalue weighted by molar-refractivity contribution is 5.66. The van der Waals surface area contributed by atoms with Crippen molar-refractivity contribution in [1.82, 2.24) is 14.8 Å². The molecule has 112 valence electrons. The fraction of sp³-hybridized carbons (Fsp3) is 0.467. The zero-order valence-electron chi connectivity index (χ0n) is 12.4. The number of rotatable bonds is 4. The summed E-state index contributed by atoms with van der Waals surface area (Å²) in [4.78, 5) is 4.62. The molecule has 2 N–H and O–H groups in total. The Morgan fingerprint density at radius 1 is 1.43 bits per heavy atom. The van der Waals surface area contributed by atoms with Gasteiger partial charge in [0.15, 0.2) is 11.6 Å². The lowest BCUT2D eigenvalue weighted by Gasteiger charge is -2.20. The van der Waals surface area contributed by atoms with Crippen molar-refractivity contribution in [3.63, 3.8) is 0 Å². The number of nitrogens with zero attached hydrogens (tertiary/aromatic N) is 3. The molecule has 3 rings (SSSR count). The predicted octanol–water partition coefficient (Wildman–Crippen LogP) is 2.41. The summed E-state index contributed by atoms with van der Waals surface area (Å²) < 4.78 is 12.9. The molecule has 0 spiro atoms. The lowest BCUT2D eigenvalue weighted by molar-refractivity contribution is 0.0697. The highest BCUT2D eigenvalue weighted by Crippen LogP contribution is 2.30. The van der Waals surface area contributed by atoms with E-state index in [0.29, 0.717) is 23.9 Å². The van der Waals surface area contributed by atoms with Gasteiger partial charge in [-0.25, -0.2) is 9.67 Å². The molecule has 1 unspecified atom stereocenters. The van der Waals surface area contributed by atoms with Crippen LogP contribution in [0.5, 0.6) is 5.75 Å². The van der Waals surface area contributed by atoms with Gasteiger partial charge in [0.05, 0.1) is 12.3 Å². The predicted molar refractivity (Wildman–Crippen MR) is 80.0 cm³/mol. The Bertz CT molecular complexity index is 639. The summed E-state index contributed by atoms with van der Waals surface area (Å²) in [5, 5.41) is 4.57. The van der Waals surface area contributed by atoms with Crippen LogP contribution in [0.1, 0.15) is 31.7 Å². The summed E-state index contributed by atoms with van der Waals surface area (Å²) in [6.07, 6.45) is 2.07. The lowest BCUT2D eigenvalue weighted by atomic mass is 10.1. The lowest BCUT2D eigenvalue weighted by Crippen LogP contribution is -2.18. The maximum Gasteiger partial charge on any atom is 0.181 e. The van der Waals surface area contributed by atoms with E-state index < -0.39 is 0 Å². The van der Waals surface area contributed by atoms with Crippen molar-refractivity contribution >= 4 is 5.69 Å². The Labute approximate surface area is 123 Å². The zero-order valence-corrected chi connectivity index (χ0v) is 12.4. The second kappa shape index (κ2) is 5.73. The van der Waals surface area contributed by atoms with Crippen molar-refractivity contribution in [1.29, 1.82) is 0 Å². The molecule has 2 aromatic rings. The van der Waals surface area contributed by atoms with Crippen LogP contribution in [0.25, 0.3) is 11.4 Å². The van der Waals surface area contributed by atoms with E-state index in [1.54, 1.807) is 7.11 Å². The van der Waals surface area contributed by atoms with E-state index in [0.717, 1.165) is 30.8 Å². The van der Waals surface area contributed by atoms with Crippen molar-refractivity contribution < 1.29 is 9.47 Å². The molecule has 1 aromatic carbocycles. The Hall–Kier alpha value is -2.08. The minimum Gasteiger partial charge on any atom is -0.492 e. The number of nitrogens with two attached hydrogens (primary N) is 1. The standard InChI is InChI=1S/C15H20N4O2/c1-3-21-12-7-6-10(9-11(12)16)14-17-15-13(20-2)5-4-8-19(15)18-14/h6-7,9,13H,3-5,8,16H2,1-2H3. The summed E-state index contributed by atoms with van der Waals surface area (Å²) in [6, 6.07) is 5.65. The van der Waals surface area contributed by atoms with Crippen LogP contribution in [-0.4, -0.2) is 28.5 Å². The highest BCUT2D eigenvalue weighted by Gasteiger charge is 2.24. The van der Waals surface area contributed by atoms with E-state index in [-0.39, 0.29) is 6.10 Å². The third-order valence-electron chi connectivity index (χ3n) is 3.68. The van der Waals surface area contributed by atoms with Gasteiger partial charge in [0.1, 0.15) is 11.9 Å². The van der Waals surface area contributed by atoms with Crippen LogP contribution in [0.4, 0.5) is 5.69 Å². The Morgan fingerprint density at radius 2 is 2.29 bits per heavy atom. The second-order valence-corrected chi connectivity index (χ2v) is 5.07. The van der Waals surface area contributed by atoms with Gasteiger partial charge in [-0.1, -0.05) is 0 Å². The summed E-state index contributed by atoms with van der Waals surface area (Å²) in [5.74, 6) is 2.27. The SMILES string of the molecule is CCOc1ccc(-c2nc3n(n2)CCCC3OC)cc1N. The van der Waals surface area contributed by atoms with E-state index in [9.17, 15) is 0 Å². The van der Waals surface area contributed by atoms with E-state index in [1.807, 2.05) is 29.8 Å². The molecular formula is C15H20N4O2. The van der Waals surface area contributed by atoms with E-state index in [1.165, 1.54) is 0 Å². The van der Waals surface area contributed by atoms with Crippen LogP contribution in [0.2, 0.25) is 0 Å². The van der Waals surface area contributed by atoms with Crippen LogP contribution in [0.15, 0.2) is 18.2 Å². The van der Waals surface area contributed by atoms with Crippen molar-refractivity contribution in [2.45, 2.75) is 32.4 Å². The average Bonchev–Trinajstić information content (AvgIpc) is 2.93. The smallest absolute Gasteiger partial charge is 0.181 e. The largest absolute Gasteiger partial charge is 0.492 e. The van der Waals surface area contributed by atoms with E-state index >= 15 is 0 Å². The third kappa shape index (κ3) is 2.58. The Kier molecular flexibility index (Phi) is 3.79. The van der Waals surface area contributed by atoms with Gasteiger partial charge < -0.3 is 15.2 Å². The number of methoxy groups -OCH3 is 1. The van der Waals surface area contributed by atoms with Crippen molar-refractivity contribution in [2.75, 3.05) is 19.5 Å².